The number of carbonyl (C=O) groups is 1. The number of nitrogens with one attached hydrogen (secondary N) is 2. The average Bonchev–Trinajstić information content (AvgIpc) is 3.18. The summed E-state index contributed by atoms with van der Waals surface area (Å²) < 4.78 is 68.3. The number of thiophene rings is 1. The summed E-state index contributed by atoms with van der Waals surface area (Å²) in [6, 6.07) is 4.18. The lowest BCUT2D eigenvalue weighted by atomic mass is 9.95. The molecule has 3 aliphatic heterocycles. The van der Waals surface area contributed by atoms with Gasteiger partial charge in [0.2, 0.25) is 17.6 Å². The third-order valence-corrected chi connectivity index (χ3v) is 10.5. The van der Waals surface area contributed by atoms with E-state index in [1.807, 2.05) is 7.05 Å². The molecule has 6 atom stereocenters. The predicted molar refractivity (Wildman–Crippen MR) is 142 cm³/mol. The lowest BCUT2D eigenvalue weighted by molar-refractivity contribution is -0.129. The van der Waals surface area contributed by atoms with Gasteiger partial charge < -0.3 is 19.9 Å². The van der Waals surface area contributed by atoms with Crippen molar-refractivity contribution in [2.75, 3.05) is 12.4 Å². The molecule has 2 bridgehead atoms. The fourth-order valence-corrected chi connectivity index (χ4v) is 8.25. The first-order valence-corrected chi connectivity index (χ1v) is 15.0. The number of alkyl halides is 4. The summed E-state index contributed by atoms with van der Waals surface area (Å²) in [6.07, 6.45) is 2.91. The van der Waals surface area contributed by atoms with E-state index in [2.05, 4.69) is 25.7 Å². The van der Waals surface area contributed by atoms with E-state index in [1.54, 1.807) is 18.2 Å². The van der Waals surface area contributed by atoms with E-state index in [0.29, 0.717) is 28.6 Å². The molecule has 4 aliphatic rings. The summed E-state index contributed by atoms with van der Waals surface area (Å²) in [4.78, 5) is 19.0. The van der Waals surface area contributed by atoms with Gasteiger partial charge in [-0.3, -0.25) is 9.69 Å². The molecule has 3 aromatic rings. The van der Waals surface area contributed by atoms with Gasteiger partial charge in [0, 0.05) is 28.8 Å². The summed E-state index contributed by atoms with van der Waals surface area (Å²) in [6.45, 7) is 0. The molecule has 14 heteroatoms. The maximum absolute atomic E-state index is 15.4. The molecule has 1 aromatic carbocycles. The van der Waals surface area contributed by atoms with Gasteiger partial charge in [-0.25, -0.2) is 4.39 Å². The fourth-order valence-electron chi connectivity index (χ4n) is 6.14. The van der Waals surface area contributed by atoms with Gasteiger partial charge in [-0.1, -0.05) is 17.3 Å². The molecule has 1 amide bonds. The van der Waals surface area contributed by atoms with Crippen molar-refractivity contribution in [3.05, 3.63) is 24.1 Å². The number of rotatable bonds is 7. The van der Waals surface area contributed by atoms with Crippen LogP contribution in [0.25, 0.3) is 20.8 Å². The van der Waals surface area contributed by atoms with Crippen molar-refractivity contribution in [2.45, 2.75) is 91.5 Å². The molecule has 0 unspecified atom stereocenters. The predicted octanol–water partition coefficient (Wildman–Crippen LogP) is 5.66. The zero-order chi connectivity index (χ0) is 27.8. The molecule has 1 aliphatic carbocycles. The zero-order valence-corrected chi connectivity index (χ0v) is 23.0. The van der Waals surface area contributed by atoms with Crippen LogP contribution >= 0.6 is 23.1 Å². The normalized spacial score (nSPS) is 30.8. The van der Waals surface area contributed by atoms with Gasteiger partial charge in [0.15, 0.2) is 0 Å². The standard InChI is InChI=1S/C26H27F4N5O3S2/c1-35-11-5-8-17(35)19(27)15(9-11)31-14-4-2-3-13-20(14)39-22(21(13)40-26(28,29)30)23-33-25(38-34-23)16-10-18(24(36)32-16)37-12-6-7-12/h2-4,11-12,15-19,31H,5-10H2,1H3,(H,32,36)/t11-,15-,16-,17+,18+,19-/m1/s1. The minimum atomic E-state index is -4.55. The number of hydrogen-bond donors (Lipinski definition) is 2. The highest BCUT2D eigenvalue weighted by atomic mass is 32.2. The van der Waals surface area contributed by atoms with E-state index in [9.17, 15) is 18.0 Å². The molecule has 7 rings (SSSR count). The first-order chi connectivity index (χ1) is 19.1. The summed E-state index contributed by atoms with van der Waals surface area (Å²) in [7, 11) is 1.95. The van der Waals surface area contributed by atoms with E-state index in [4.69, 9.17) is 9.26 Å². The van der Waals surface area contributed by atoms with Gasteiger partial charge in [0.1, 0.15) is 18.3 Å². The summed E-state index contributed by atoms with van der Waals surface area (Å²) in [5, 5.41) is 10.5. The topological polar surface area (TPSA) is 92.5 Å². The lowest BCUT2D eigenvalue weighted by Gasteiger charge is -2.39. The van der Waals surface area contributed by atoms with Crippen LogP contribution in [0, 0.1) is 0 Å². The molecule has 2 aromatic heterocycles. The minimum absolute atomic E-state index is 0.00964. The smallest absolute Gasteiger partial charge is 0.378 e. The SMILES string of the molecule is CN1[C@@H]2CC[C@H]1[C@H](F)[C@H](Nc1cccc3c(SC(F)(F)F)c(-c4noc([C@H]5C[C@H](OC6CC6)C(=O)N5)n4)sc13)C2. The van der Waals surface area contributed by atoms with Gasteiger partial charge in [0.05, 0.1) is 27.4 Å². The molecule has 5 heterocycles. The molecular weight excluding hydrogens is 570 g/mol. The summed E-state index contributed by atoms with van der Waals surface area (Å²) >= 11 is 0.884. The maximum atomic E-state index is 15.4. The van der Waals surface area contributed by atoms with Crippen LogP contribution in [0.3, 0.4) is 0 Å². The fraction of sp³-hybridized carbons (Fsp3) is 0.577. The number of piperidine rings is 1. The monoisotopic (exact) mass is 597 g/mol. The molecule has 4 fully saturated rings. The molecule has 0 radical (unpaired) electrons. The average molecular weight is 598 g/mol. The van der Waals surface area contributed by atoms with Crippen molar-refractivity contribution >= 4 is 44.8 Å². The highest BCUT2D eigenvalue weighted by Gasteiger charge is 2.46. The van der Waals surface area contributed by atoms with Gasteiger partial charge >= 0.3 is 5.51 Å². The second kappa shape index (κ2) is 9.85. The number of thioether (sulfide) groups is 1. The van der Waals surface area contributed by atoms with Crippen molar-refractivity contribution < 1.29 is 31.6 Å². The number of aromatic nitrogens is 2. The van der Waals surface area contributed by atoms with Crippen molar-refractivity contribution in [1.29, 1.82) is 0 Å². The second-order valence-electron chi connectivity index (χ2n) is 11.0. The van der Waals surface area contributed by atoms with Gasteiger partial charge in [0.25, 0.3) is 0 Å². The number of amides is 1. The Morgan fingerprint density at radius 3 is 2.83 bits per heavy atom. The second-order valence-corrected chi connectivity index (χ2v) is 13.1. The number of halogens is 4. The quantitative estimate of drug-likeness (QED) is 0.267. The maximum Gasteiger partial charge on any atom is 0.446 e. The number of ether oxygens (including phenoxy) is 1. The number of fused-ring (bicyclic) bond motifs is 3. The molecule has 0 spiro atoms. The largest absolute Gasteiger partial charge is 0.446 e. The van der Waals surface area contributed by atoms with E-state index in [1.165, 1.54) is 0 Å². The number of benzene rings is 1. The summed E-state index contributed by atoms with van der Waals surface area (Å²) in [5.74, 6) is -0.141. The Bertz CT molecular complexity index is 1440. The number of nitrogens with zero attached hydrogens (tertiary/aromatic N) is 3. The Hall–Kier alpha value is -2.42. The Morgan fingerprint density at radius 2 is 2.05 bits per heavy atom. The third-order valence-electron chi connectivity index (χ3n) is 8.28. The van der Waals surface area contributed by atoms with Gasteiger partial charge in [-0.05, 0) is 57.0 Å². The molecule has 214 valence electrons. The number of anilines is 1. The molecule has 8 nitrogen and oxygen atoms in total. The van der Waals surface area contributed by atoms with E-state index in [-0.39, 0.29) is 57.3 Å². The van der Waals surface area contributed by atoms with Gasteiger partial charge in [-0.2, -0.15) is 18.2 Å². The Labute approximate surface area is 235 Å². The molecule has 3 saturated heterocycles. The summed E-state index contributed by atoms with van der Waals surface area (Å²) in [5.41, 5.74) is -3.97. The van der Waals surface area contributed by atoms with Crippen molar-refractivity contribution in [1.82, 2.24) is 20.4 Å². The van der Waals surface area contributed by atoms with Crippen molar-refractivity contribution in [3.63, 3.8) is 0 Å². The van der Waals surface area contributed by atoms with Crippen molar-refractivity contribution in [2.24, 2.45) is 0 Å². The van der Waals surface area contributed by atoms with Crippen LogP contribution in [0.4, 0.5) is 23.2 Å². The molecular formula is C26H27F4N5O3S2. The molecule has 1 saturated carbocycles. The molecule has 2 N–H and O–H groups in total. The number of carbonyl (C=O) groups excluding carboxylic acids is 1. The van der Waals surface area contributed by atoms with Gasteiger partial charge in [-0.15, -0.1) is 11.3 Å². The van der Waals surface area contributed by atoms with E-state index in [0.717, 1.165) is 37.0 Å². The van der Waals surface area contributed by atoms with Crippen LogP contribution in [0.5, 0.6) is 0 Å². The van der Waals surface area contributed by atoms with Crippen LogP contribution in [0.15, 0.2) is 27.6 Å². The minimum Gasteiger partial charge on any atom is -0.378 e. The van der Waals surface area contributed by atoms with E-state index < -0.39 is 29.9 Å². The zero-order valence-electron chi connectivity index (χ0n) is 21.4. The molecule has 40 heavy (non-hydrogen) atoms. The number of hydrogen-bond acceptors (Lipinski definition) is 9. The van der Waals surface area contributed by atoms with Crippen LogP contribution in [-0.4, -0.2) is 70.0 Å². The Morgan fingerprint density at radius 1 is 1.23 bits per heavy atom. The lowest BCUT2D eigenvalue weighted by Crippen LogP contribution is -2.53. The van der Waals surface area contributed by atoms with Crippen LogP contribution in [-0.2, 0) is 9.53 Å². The third kappa shape index (κ3) is 4.86. The van der Waals surface area contributed by atoms with Crippen LogP contribution in [0.2, 0.25) is 0 Å². The first kappa shape index (κ1) is 26.5. The highest BCUT2D eigenvalue weighted by Crippen LogP contribution is 2.51. The van der Waals surface area contributed by atoms with Crippen LogP contribution in [0.1, 0.15) is 50.5 Å². The van der Waals surface area contributed by atoms with Crippen LogP contribution < -0.4 is 10.6 Å². The van der Waals surface area contributed by atoms with Crippen molar-refractivity contribution in [3.8, 4) is 10.7 Å². The highest BCUT2D eigenvalue weighted by molar-refractivity contribution is 8.00. The van der Waals surface area contributed by atoms with E-state index >= 15 is 4.39 Å². The Kier molecular flexibility index (Phi) is 6.52. The Balaban J connectivity index is 1.20. The first-order valence-electron chi connectivity index (χ1n) is 13.4.